The fourth-order valence-corrected chi connectivity index (χ4v) is 2.19. The molecule has 1 heterocycles. The minimum Gasteiger partial charge on any atom is -0.496 e. The first-order valence-corrected chi connectivity index (χ1v) is 5.86. The molecule has 2 rings (SSSR count). The van der Waals surface area contributed by atoms with Crippen LogP contribution in [0.4, 0.5) is 4.39 Å². The van der Waals surface area contributed by atoms with E-state index in [4.69, 9.17) is 9.47 Å². The van der Waals surface area contributed by atoms with E-state index in [2.05, 4.69) is 19.2 Å². The molecule has 0 spiro atoms. The first-order valence-electron chi connectivity index (χ1n) is 5.86. The molecule has 4 heteroatoms. The quantitative estimate of drug-likeness (QED) is 0.876. The lowest BCUT2D eigenvalue weighted by Gasteiger charge is -2.28. The number of hydrogen-bond donors (Lipinski definition) is 1. The summed E-state index contributed by atoms with van der Waals surface area (Å²) in [7, 11) is 1.59. The summed E-state index contributed by atoms with van der Waals surface area (Å²) >= 11 is 0. The standard InChI is InChI=1S/C13H18FNO2/c1-8(2)15-9-6-10-12(16-3)5-4-11(14)13(10)17-7-9/h4-5,8-9,15H,6-7H2,1-3H3. The van der Waals surface area contributed by atoms with Crippen molar-refractivity contribution in [2.24, 2.45) is 0 Å². The Hall–Kier alpha value is -1.29. The van der Waals surface area contributed by atoms with E-state index >= 15 is 0 Å². The summed E-state index contributed by atoms with van der Waals surface area (Å²) in [6, 6.07) is 3.62. The molecular formula is C13H18FNO2. The average Bonchev–Trinajstić information content (AvgIpc) is 2.29. The van der Waals surface area contributed by atoms with Gasteiger partial charge in [-0.1, -0.05) is 13.8 Å². The Kier molecular flexibility index (Phi) is 3.52. The lowest BCUT2D eigenvalue weighted by Crippen LogP contribution is -2.43. The molecule has 3 nitrogen and oxygen atoms in total. The number of methoxy groups -OCH3 is 1. The van der Waals surface area contributed by atoms with Crippen LogP contribution >= 0.6 is 0 Å². The van der Waals surface area contributed by atoms with Crippen LogP contribution in [-0.4, -0.2) is 25.8 Å². The summed E-state index contributed by atoms with van der Waals surface area (Å²) in [5.74, 6) is 0.714. The van der Waals surface area contributed by atoms with Crippen LogP contribution in [0.25, 0.3) is 0 Å². The van der Waals surface area contributed by atoms with E-state index in [1.807, 2.05) is 0 Å². The molecule has 0 aromatic heterocycles. The zero-order valence-electron chi connectivity index (χ0n) is 10.4. The molecule has 0 amide bonds. The van der Waals surface area contributed by atoms with E-state index in [0.717, 1.165) is 12.0 Å². The van der Waals surface area contributed by atoms with Crippen molar-refractivity contribution in [1.29, 1.82) is 0 Å². The van der Waals surface area contributed by atoms with Crippen molar-refractivity contribution in [1.82, 2.24) is 5.32 Å². The van der Waals surface area contributed by atoms with Crippen LogP contribution in [-0.2, 0) is 6.42 Å². The largest absolute Gasteiger partial charge is 0.496 e. The summed E-state index contributed by atoms with van der Waals surface area (Å²) in [6.07, 6.45) is 0.731. The van der Waals surface area contributed by atoms with Crippen molar-refractivity contribution in [3.8, 4) is 11.5 Å². The van der Waals surface area contributed by atoms with Crippen LogP contribution in [0.1, 0.15) is 19.4 Å². The van der Waals surface area contributed by atoms with Crippen LogP contribution in [0.5, 0.6) is 11.5 Å². The van der Waals surface area contributed by atoms with Gasteiger partial charge in [0.15, 0.2) is 11.6 Å². The van der Waals surface area contributed by atoms with Gasteiger partial charge in [-0.15, -0.1) is 0 Å². The van der Waals surface area contributed by atoms with Crippen LogP contribution < -0.4 is 14.8 Å². The van der Waals surface area contributed by atoms with Gasteiger partial charge >= 0.3 is 0 Å². The van der Waals surface area contributed by atoms with Gasteiger partial charge in [0.05, 0.1) is 7.11 Å². The highest BCUT2D eigenvalue weighted by molar-refractivity contribution is 5.47. The second-order valence-electron chi connectivity index (χ2n) is 4.59. The molecule has 1 N–H and O–H groups in total. The van der Waals surface area contributed by atoms with E-state index in [1.54, 1.807) is 13.2 Å². The minimum atomic E-state index is -0.316. The monoisotopic (exact) mass is 239 g/mol. The SMILES string of the molecule is COc1ccc(F)c2c1CC(NC(C)C)CO2. The molecular weight excluding hydrogens is 221 g/mol. The molecule has 0 bridgehead atoms. The second kappa shape index (κ2) is 4.92. The maximum absolute atomic E-state index is 13.6. The summed E-state index contributed by atoms with van der Waals surface area (Å²) in [4.78, 5) is 0. The Morgan fingerprint density at radius 1 is 1.47 bits per heavy atom. The van der Waals surface area contributed by atoms with Crippen LogP contribution in [0.2, 0.25) is 0 Å². The van der Waals surface area contributed by atoms with Gasteiger partial charge in [0.1, 0.15) is 12.4 Å². The zero-order valence-corrected chi connectivity index (χ0v) is 10.4. The predicted octanol–water partition coefficient (Wildman–Crippen LogP) is 2.14. The maximum Gasteiger partial charge on any atom is 0.165 e. The fraction of sp³-hybridized carbons (Fsp3) is 0.538. The first kappa shape index (κ1) is 12.2. The van der Waals surface area contributed by atoms with Gasteiger partial charge in [0, 0.05) is 17.6 Å². The van der Waals surface area contributed by atoms with Crippen molar-refractivity contribution >= 4 is 0 Å². The molecule has 1 aliphatic heterocycles. The summed E-state index contributed by atoms with van der Waals surface area (Å²) in [5, 5.41) is 3.39. The molecule has 1 aliphatic rings. The molecule has 0 saturated heterocycles. The first-order chi connectivity index (χ1) is 8.11. The highest BCUT2D eigenvalue weighted by atomic mass is 19.1. The van der Waals surface area contributed by atoms with E-state index < -0.39 is 0 Å². The van der Waals surface area contributed by atoms with Gasteiger partial charge in [-0.2, -0.15) is 0 Å². The number of halogens is 1. The second-order valence-corrected chi connectivity index (χ2v) is 4.59. The Balaban J connectivity index is 2.26. The maximum atomic E-state index is 13.6. The Bertz CT molecular complexity index is 407. The topological polar surface area (TPSA) is 30.5 Å². The predicted molar refractivity (Wildman–Crippen MR) is 64.2 cm³/mol. The van der Waals surface area contributed by atoms with Gasteiger partial charge in [0.25, 0.3) is 0 Å². The van der Waals surface area contributed by atoms with Crippen molar-refractivity contribution in [3.05, 3.63) is 23.5 Å². The molecule has 1 aromatic carbocycles. The molecule has 0 fully saturated rings. The van der Waals surface area contributed by atoms with Gasteiger partial charge < -0.3 is 14.8 Å². The van der Waals surface area contributed by atoms with Crippen molar-refractivity contribution in [3.63, 3.8) is 0 Å². The third-order valence-corrected chi connectivity index (χ3v) is 2.84. The Morgan fingerprint density at radius 3 is 2.88 bits per heavy atom. The van der Waals surface area contributed by atoms with Gasteiger partial charge in [0.2, 0.25) is 0 Å². The van der Waals surface area contributed by atoms with Crippen molar-refractivity contribution in [2.75, 3.05) is 13.7 Å². The number of benzene rings is 1. The lowest BCUT2D eigenvalue weighted by molar-refractivity contribution is 0.218. The molecule has 17 heavy (non-hydrogen) atoms. The molecule has 1 atom stereocenters. The van der Waals surface area contributed by atoms with Gasteiger partial charge in [-0.05, 0) is 18.6 Å². The third-order valence-electron chi connectivity index (χ3n) is 2.84. The third kappa shape index (κ3) is 2.52. The normalized spacial score (nSPS) is 18.8. The highest BCUT2D eigenvalue weighted by Crippen LogP contribution is 2.35. The zero-order chi connectivity index (χ0) is 12.4. The van der Waals surface area contributed by atoms with Gasteiger partial charge in [-0.3, -0.25) is 0 Å². The number of hydrogen-bond acceptors (Lipinski definition) is 3. The minimum absolute atomic E-state index is 0.207. The lowest BCUT2D eigenvalue weighted by atomic mass is 10.0. The number of fused-ring (bicyclic) bond motifs is 1. The van der Waals surface area contributed by atoms with Gasteiger partial charge in [-0.25, -0.2) is 4.39 Å². The van der Waals surface area contributed by atoms with E-state index in [-0.39, 0.29) is 11.9 Å². The summed E-state index contributed by atoms with van der Waals surface area (Å²) in [5.41, 5.74) is 0.817. The number of rotatable bonds is 3. The smallest absolute Gasteiger partial charge is 0.165 e. The van der Waals surface area contributed by atoms with Crippen LogP contribution in [0, 0.1) is 5.82 Å². The molecule has 0 radical (unpaired) electrons. The Labute approximate surface area is 101 Å². The van der Waals surface area contributed by atoms with E-state index in [9.17, 15) is 4.39 Å². The molecule has 1 aromatic rings. The van der Waals surface area contributed by atoms with E-state index in [1.165, 1.54) is 6.07 Å². The van der Waals surface area contributed by atoms with Crippen LogP contribution in [0.15, 0.2) is 12.1 Å². The van der Waals surface area contributed by atoms with E-state index in [0.29, 0.717) is 24.1 Å². The van der Waals surface area contributed by atoms with Crippen molar-refractivity contribution < 1.29 is 13.9 Å². The van der Waals surface area contributed by atoms with Crippen molar-refractivity contribution in [2.45, 2.75) is 32.4 Å². The summed E-state index contributed by atoms with van der Waals surface area (Å²) < 4.78 is 24.3. The highest BCUT2D eigenvalue weighted by Gasteiger charge is 2.25. The average molecular weight is 239 g/mol. The number of ether oxygens (including phenoxy) is 2. The summed E-state index contributed by atoms with van der Waals surface area (Å²) in [6.45, 7) is 4.66. The number of nitrogens with one attached hydrogen (secondary N) is 1. The van der Waals surface area contributed by atoms with Crippen LogP contribution in [0.3, 0.4) is 0 Å². The molecule has 0 aliphatic carbocycles. The molecule has 0 saturated carbocycles. The fourth-order valence-electron chi connectivity index (χ4n) is 2.19. The molecule has 94 valence electrons. The Morgan fingerprint density at radius 2 is 2.24 bits per heavy atom. The molecule has 1 unspecified atom stereocenters.